The van der Waals surface area contributed by atoms with E-state index < -0.39 is 11.2 Å². The highest BCUT2D eigenvalue weighted by Crippen LogP contribution is 2.70. The SMILES string of the molecule is C=CC(=O)OC12CC3(C)CC(O)(CC(C)(C3)C1C)C2. The molecule has 0 radical (unpaired) electrons. The van der Waals surface area contributed by atoms with E-state index >= 15 is 0 Å². The third kappa shape index (κ3) is 1.70. The molecule has 4 aliphatic carbocycles. The van der Waals surface area contributed by atoms with Crippen LogP contribution in [0.15, 0.2) is 12.7 Å². The van der Waals surface area contributed by atoms with E-state index in [1.54, 1.807) is 0 Å². The number of aliphatic hydroxyl groups is 1. The molecule has 19 heavy (non-hydrogen) atoms. The smallest absolute Gasteiger partial charge is 0.330 e. The molecule has 0 aromatic rings. The van der Waals surface area contributed by atoms with E-state index in [2.05, 4.69) is 27.4 Å². The van der Waals surface area contributed by atoms with Crippen LogP contribution >= 0.6 is 0 Å². The number of rotatable bonds is 2. The van der Waals surface area contributed by atoms with Gasteiger partial charge >= 0.3 is 5.97 Å². The van der Waals surface area contributed by atoms with Crippen molar-refractivity contribution in [1.82, 2.24) is 0 Å². The summed E-state index contributed by atoms with van der Waals surface area (Å²) in [5, 5.41) is 10.9. The van der Waals surface area contributed by atoms with Crippen LogP contribution in [-0.2, 0) is 9.53 Å². The van der Waals surface area contributed by atoms with Gasteiger partial charge in [0.15, 0.2) is 0 Å². The molecular formula is C16H24O3. The lowest BCUT2D eigenvalue weighted by Gasteiger charge is -2.70. The van der Waals surface area contributed by atoms with Crippen molar-refractivity contribution in [2.24, 2.45) is 16.7 Å². The first-order chi connectivity index (χ1) is 8.64. The summed E-state index contributed by atoms with van der Waals surface area (Å²) in [6, 6.07) is 0. The molecule has 106 valence electrons. The summed E-state index contributed by atoms with van der Waals surface area (Å²) in [7, 11) is 0. The van der Waals surface area contributed by atoms with Crippen LogP contribution in [0, 0.1) is 16.7 Å². The van der Waals surface area contributed by atoms with Crippen LogP contribution in [0.1, 0.15) is 52.9 Å². The van der Waals surface area contributed by atoms with Crippen LogP contribution in [-0.4, -0.2) is 22.3 Å². The van der Waals surface area contributed by atoms with Gasteiger partial charge in [-0.1, -0.05) is 27.4 Å². The number of hydrogen-bond donors (Lipinski definition) is 1. The lowest BCUT2D eigenvalue weighted by molar-refractivity contribution is -0.285. The molecule has 1 N–H and O–H groups in total. The van der Waals surface area contributed by atoms with Gasteiger partial charge in [-0.3, -0.25) is 0 Å². The Bertz CT molecular complexity index is 435. The summed E-state index contributed by atoms with van der Waals surface area (Å²) < 4.78 is 5.79. The van der Waals surface area contributed by atoms with Gasteiger partial charge in [-0.2, -0.15) is 0 Å². The first-order valence-electron chi connectivity index (χ1n) is 7.22. The monoisotopic (exact) mass is 264 g/mol. The van der Waals surface area contributed by atoms with Crippen molar-refractivity contribution in [2.75, 3.05) is 0 Å². The first kappa shape index (κ1) is 13.2. The minimum atomic E-state index is -0.659. The van der Waals surface area contributed by atoms with Crippen LogP contribution in [0.5, 0.6) is 0 Å². The zero-order chi connectivity index (χ0) is 14.1. The van der Waals surface area contributed by atoms with Gasteiger partial charge in [-0.05, 0) is 36.5 Å². The quantitative estimate of drug-likeness (QED) is 0.616. The zero-order valence-electron chi connectivity index (χ0n) is 12.2. The van der Waals surface area contributed by atoms with Crippen molar-refractivity contribution in [3.05, 3.63) is 12.7 Å². The molecule has 4 fully saturated rings. The normalized spacial score (nSPS) is 55.1. The fraction of sp³-hybridized carbons (Fsp3) is 0.812. The largest absolute Gasteiger partial charge is 0.455 e. The van der Waals surface area contributed by atoms with Crippen molar-refractivity contribution >= 4 is 5.97 Å². The number of ether oxygens (including phenoxy) is 1. The maximum atomic E-state index is 11.7. The molecule has 3 heteroatoms. The summed E-state index contributed by atoms with van der Waals surface area (Å²) in [6.45, 7) is 10.2. The number of hydrogen-bond acceptors (Lipinski definition) is 3. The molecule has 0 aromatic heterocycles. The lowest BCUT2D eigenvalue weighted by Crippen LogP contribution is -2.70. The molecule has 0 saturated heterocycles. The molecule has 4 saturated carbocycles. The second kappa shape index (κ2) is 3.43. The Morgan fingerprint density at radius 3 is 2.53 bits per heavy atom. The molecule has 0 aromatic carbocycles. The van der Waals surface area contributed by atoms with Crippen molar-refractivity contribution in [3.8, 4) is 0 Å². The second-order valence-electron chi connectivity index (χ2n) is 7.98. The van der Waals surface area contributed by atoms with Crippen LogP contribution in [0.2, 0.25) is 0 Å². The average molecular weight is 264 g/mol. The molecular weight excluding hydrogens is 240 g/mol. The first-order valence-corrected chi connectivity index (χ1v) is 7.22. The summed E-state index contributed by atoms with van der Waals surface area (Å²) in [5.74, 6) is -0.0675. The molecule has 3 nitrogen and oxygen atoms in total. The molecule has 4 rings (SSSR count). The van der Waals surface area contributed by atoms with E-state index in [1.807, 2.05) is 0 Å². The highest BCUT2D eigenvalue weighted by Gasteiger charge is 2.70. The molecule has 5 atom stereocenters. The summed E-state index contributed by atoms with van der Waals surface area (Å²) in [4.78, 5) is 11.7. The Morgan fingerprint density at radius 1 is 1.26 bits per heavy atom. The van der Waals surface area contributed by atoms with Gasteiger partial charge in [0.2, 0.25) is 0 Å². The molecule has 0 spiro atoms. The van der Waals surface area contributed by atoms with Gasteiger partial charge < -0.3 is 9.84 Å². The fourth-order valence-corrected chi connectivity index (χ4v) is 5.95. The number of carbonyl (C=O) groups excluding carboxylic acids is 1. The Morgan fingerprint density at radius 2 is 1.95 bits per heavy atom. The second-order valence-corrected chi connectivity index (χ2v) is 7.98. The maximum Gasteiger partial charge on any atom is 0.330 e. The van der Waals surface area contributed by atoms with Gasteiger partial charge in [-0.15, -0.1) is 0 Å². The van der Waals surface area contributed by atoms with Crippen LogP contribution in [0.4, 0.5) is 0 Å². The van der Waals surface area contributed by atoms with E-state index in [9.17, 15) is 9.90 Å². The van der Waals surface area contributed by atoms with Crippen molar-refractivity contribution < 1.29 is 14.6 Å². The van der Waals surface area contributed by atoms with Crippen molar-refractivity contribution in [1.29, 1.82) is 0 Å². The Hall–Kier alpha value is -0.830. The summed E-state index contributed by atoms with van der Waals surface area (Å²) >= 11 is 0. The van der Waals surface area contributed by atoms with Crippen molar-refractivity contribution in [2.45, 2.75) is 64.1 Å². The highest BCUT2D eigenvalue weighted by molar-refractivity contribution is 5.81. The van der Waals surface area contributed by atoms with Gasteiger partial charge in [0.05, 0.1) is 5.60 Å². The predicted molar refractivity (Wildman–Crippen MR) is 72.4 cm³/mol. The topological polar surface area (TPSA) is 46.5 Å². The summed E-state index contributed by atoms with van der Waals surface area (Å²) in [5.41, 5.74) is -1.00. The van der Waals surface area contributed by atoms with Crippen molar-refractivity contribution in [3.63, 3.8) is 0 Å². The van der Waals surface area contributed by atoms with Crippen LogP contribution < -0.4 is 0 Å². The Labute approximate surface area is 115 Å². The molecule has 4 bridgehead atoms. The average Bonchev–Trinajstić information content (AvgIpc) is 2.21. The molecule has 0 aliphatic heterocycles. The van der Waals surface area contributed by atoms with Gasteiger partial charge in [0.1, 0.15) is 5.60 Å². The van der Waals surface area contributed by atoms with E-state index in [0.29, 0.717) is 6.42 Å². The van der Waals surface area contributed by atoms with Gasteiger partial charge in [0.25, 0.3) is 0 Å². The number of esters is 1. The van der Waals surface area contributed by atoms with E-state index in [-0.39, 0.29) is 22.7 Å². The highest BCUT2D eigenvalue weighted by atomic mass is 16.6. The van der Waals surface area contributed by atoms with Gasteiger partial charge in [-0.25, -0.2) is 4.79 Å². The standard InChI is InChI=1S/C16H24O3/c1-5-12(17)19-16-8-13(3)6-14(4,11(16)2)9-15(18,7-13)10-16/h5,11,18H,1,6-10H2,2-4H3. The Kier molecular flexibility index (Phi) is 2.38. The zero-order valence-corrected chi connectivity index (χ0v) is 12.2. The predicted octanol–water partition coefficient (Wildman–Crippen LogP) is 2.83. The van der Waals surface area contributed by atoms with Crippen LogP contribution in [0.3, 0.4) is 0 Å². The Balaban J connectivity index is 2.05. The molecule has 5 unspecified atom stereocenters. The van der Waals surface area contributed by atoms with E-state index in [4.69, 9.17) is 4.74 Å². The summed E-state index contributed by atoms with van der Waals surface area (Å²) in [6.07, 6.45) is 5.50. The third-order valence-electron chi connectivity index (χ3n) is 5.98. The van der Waals surface area contributed by atoms with E-state index in [0.717, 1.165) is 25.7 Å². The number of carbonyl (C=O) groups is 1. The molecule has 4 aliphatic rings. The van der Waals surface area contributed by atoms with Crippen LogP contribution in [0.25, 0.3) is 0 Å². The van der Waals surface area contributed by atoms with E-state index in [1.165, 1.54) is 6.08 Å². The van der Waals surface area contributed by atoms with Gasteiger partial charge in [0, 0.05) is 18.4 Å². The maximum absolute atomic E-state index is 11.7. The minimum absolute atomic E-state index is 0.0691. The fourth-order valence-electron chi connectivity index (χ4n) is 5.95. The lowest BCUT2D eigenvalue weighted by atomic mass is 9.39. The minimum Gasteiger partial charge on any atom is -0.455 e. The molecule has 0 heterocycles. The molecule has 0 amide bonds. The third-order valence-corrected chi connectivity index (χ3v) is 5.98.